The summed E-state index contributed by atoms with van der Waals surface area (Å²) in [5, 5.41) is 15.6. The molecule has 1 fully saturated rings. The lowest BCUT2D eigenvalue weighted by Crippen LogP contribution is -2.35. The highest BCUT2D eigenvalue weighted by Crippen LogP contribution is 2.42. The zero-order chi connectivity index (χ0) is 15.9. The molecule has 0 bridgehead atoms. The van der Waals surface area contributed by atoms with Crippen LogP contribution in [0.3, 0.4) is 0 Å². The van der Waals surface area contributed by atoms with Crippen LogP contribution in [0.25, 0.3) is 0 Å². The minimum absolute atomic E-state index is 0.223. The van der Waals surface area contributed by atoms with E-state index < -0.39 is 0 Å². The topological polar surface area (TPSA) is 70.6 Å². The molecule has 4 nitrogen and oxygen atoms in total. The van der Waals surface area contributed by atoms with Crippen LogP contribution in [-0.4, -0.2) is 24.1 Å². The molecule has 0 atom stereocenters. The van der Waals surface area contributed by atoms with Gasteiger partial charge in [0, 0.05) is 12.0 Å². The minimum atomic E-state index is -0.223. The maximum atomic E-state index is 8.78. The lowest BCUT2D eigenvalue weighted by atomic mass is 9.78. The van der Waals surface area contributed by atoms with Crippen molar-refractivity contribution in [1.29, 1.82) is 0 Å². The summed E-state index contributed by atoms with van der Waals surface area (Å²) in [4.78, 5) is 0. The van der Waals surface area contributed by atoms with Gasteiger partial charge in [-0.15, -0.1) is 0 Å². The van der Waals surface area contributed by atoms with Gasteiger partial charge in [0.1, 0.15) is 5.84 Å². The molecule has 21 heavy (non-hydrogen) atoms. The largest absolute Gasteiger partial charge is 0.409 e. The van der Waals surface area contributed by atoms with Crippen molar-refractivity contribution >= 4 is 5.84 Å². The summed E-state index contributed by atoms with van der Waals surface area (Å²) in [6.45, 7) is 10.9. The zero-order valence-corrected chi connectivity index (χ0v) is 14.4. The Morgan fingerprint density at radius 1 is 1.33 bits per heavy atom. The SMILES string of the molecule is CC(C)CC1(CNCCCC(C)(C)C(N)=NO)CCCC1. The molecule has 4 N–H and O–H groups in total. The molecule has 0 aromatic rings. The number of hydrogen-bond donors (Lipinski definition) is 3. The van der Waals surface area contributed by atoms with Gasteiger partial charge < -0.3 is 16.3 Å². The summed E-state index contributed by atoms with van der Waals surface area (Å²) in [5.74, 6) is 1.11. The predicted octanol–water partition coefficient (Wildman–Crippen LogP) is 3.74. The van der Waals surface area contributed by atoms with Gasteiger partial charge in [0.05, 0.1) is 0 Å². The second kappa shape index (κ2) is 8.02. The highest BCUT2D eigenvalue weighted by Gasteiger charge is 2.33. The van der Waals surface area contributed by atoms with Gasteiger partial charge in [-0.1, -0.05) is 45.7 Å². The average molecular weight is 297 g/mol. The van der Waals surface area contributed by atoms with E-state index in [0.29, 0.717) is 11.3 Å². The van der Waals surface area contributed by atoms with Crippen LogP contribution in [0.4, 0.5) is 0 Å². The van der Waals surface area contributed by atoms with Crippen molar-refractivity contribution in [3.05, 3.63) is 0 Å². The Bertz CT molecular complexity index is 331. The number of hydrogen-bond acceptors (Lipinski definition) is 3. The van der Waals surface area contributed by atoms with E-state index in [1.54, 1.807) is 0 Å². The molecule has 0 unspecified atom stereocenters. The van der Waals surface area contributed by atoms with E-state index in [-0.39, 0.29) is 5.41 Å². The summed E-state index contributed by atoms with van der Waals surface area (Å²) < 4.78 is 0. The third-order valence-corrected chi connectivity index (χ3v) is 4.96. The number of oxime groups is 1. The fourth-order valence-corrected chi connectivity index (χ4v) is 3.72. The summed E-state index contributed by atoms with van der Waals surface area (Å²) in [6.07, 6.45) is 8.89. The van der Waals surface area contributed by atoms with Crippen molar-refractivity contribution in [3.8, 4) is 0 Å². The predicted molar refractivity (Wildman–Crippen MR) is 89.6 cm³/mol. The molecule has 1 aliphatic rings. The van der Waals surface area contributed by atoms with Crippen molar-refractivity contribution in [2.45, 2.75) is 72.6 Å². The number of nitrogens with one attached hydrogen (secondary N) is 1. The van der Waals surface area contributed by atoms with Crippen molar-refractivity contribution < 1.29 is 5.21 Å². The Morgan fingerprint density at radius 2 is 1.95 bits per heavy atom. The molecule has 124 valence electrons. The van der Waals surface area contributed by atoms with E-state index in [2.05, 4.69) is 24.3 Å². The number of nitrogens with two attached hydrogens (primary N) is 1. The molecule has 0 amide bonds. The monoisotopic (exact) mass is 297 g/mol. The first-order valence-corrected chi connectivity index (χ1v) is 8.50. The first-order valence-electron chi connectivity index (χ1n) is 8.50. The number of amidine groups is 1. The van der Waals surface area contributed by atoms with E-state index in [1.165, 1.54) is 32.1 Å². The Hall–Kier alpha value is -0.770. The first kappa shape index (κ1) is 18.3. The summed E-state index contributed by atoms with van der Waals surface area (Å²) >= 11 is 0. The molecule has 0 heterocycles. The molecule has 0 aromatic heterocycles. The van der Waals surface area contributed by atoms with Crippen LogP contribution in [0.5, 0.6) is 0 Å². The standard InChI is InChI=1S/C17H35N3O/c1-14(2)12-17(9-5-6-10-17)13-19-11-7-8-16(3,4)15(18)20-21/h14,19,21H,5-13H2,1-4H3,(H2,18,20). The Kier molecular flexibility index (Phi) is 6.98. The van der Waals surface area contributed by atoms with Gasteiger partial charge in [-0.2, -0.15) is 0 Å². The van der Waals surface area contributed by atoms with E-state index >= 15 is 0 Å². The summed E-state index contributed by atoms with van der Waals surface area (Å²) in [7, 11) is 0. The van der Waals surface area contributed by atoms with Gasteiger partial charge >= 0.3 is 0 Å². The van der Waals surface area contributed by atoms with Crippen LogP contribution in [0, 0.1) is 16.7 Å². The van der Waals surface area contributed by atoms with E-state index in [0.717, 1.165) is 31.8 Å². The smallest absolute Gasteiger partial charge is 0.144 e. The minimum Gasteiger partial charge on any atom is -0.409 e. The van der Waals surface area contributed by atoms with Gasteiger partial charge in [0.25, 0.3) is 0 Å². The molecule has 1 saturated carbocycles. The number of rotatable bonds is 9. The van der Waals surface area contributed by atoms with E-state index in [4.69, 9.17) is 10.9 Å². The first-order chi connectivity index (χ1) is 9.81. The highest BCUT2D eigenvalue weighted by molar-refractivity contribution is 5.85. The summed E-state index contributed by atoms with van der Waals surface area (Å²) in [6, 6.07) is 0. The van der Waals surface area contributed by atoms with Crippen LogP contribution in [0.15, 0.2) is 5.16 Å². The zero-order valence-electron chi connectivity index (χ0n) is 14.4. The average Bonchev–Trinajstić information content (AvgIpc) is 2.85. The second-order valence-electron chi connectivity index (χ2n) is 7.95. The Morgan fingerprint density at radius 3 is 2.48 bits per heavy atom. The van der Waals surface area contributed by atoms with Crippen LogP contribution in [0.2, 0.25) is 0 Å². The molecule has 0 aromatic carbocycles. The third kappa shape index (κ3) is 5.85. The Labute approximate surface area is 130 Å². The van der Waals surface area contributed by atoms with Gasteiger partial charge in [0.2, 0.25) is 0 Å². The summed E-state index contributed by atoms with van der Waals surface area (Å²) in [5.41, 5.74) is 6.03. The van der Waals surface area contributed by atoms with Crippen LogP contribution >= 0.6 is 0 Å². The second-order valence-corrected chi connectivity index (χ2v) is 7.95. The maximum Gasteiger partial charge on any atom is 0.144 e. The molecular formula is C17H35N3O. The lowest BCUT2D eigenvalue weighted by molar-refractivity contribution is 0.223. The van der Waals surface area contributed by atoms with E-state index in [9.17, 15) is 0 Å². The van der Waals surface area contributed by atoms with E-state index in [1.807, 2.05) is 13.8 Å². The van der Waals surface area contributed by atoms with Gasteiger partial charge in [-0.25, -0.2) is 0 Å². The molecule has 4 heteroatoms. The normalized spacial score (nSPS) is 19.4. The van der Waals surface area contributed by atoms with Crippen LogP contribution in [0.1, 0.15) is 72.6 Å². The quantitative estimate of drug-likeness (QED) is 0.200. The Balaban J connectivity index is 2.29. The fourth-order valence-electron chi connectivity index (χ4n) is 3.72. The van der Waals surface area contributed by atoms with Crippen molar-refractivity contribution in [3.63, 3.8) is 0 Å². The molecule has 0 saturated heterocycles. The van der Waals surface area contributed by atoms with Gasteiger partial charge in [0.15, 0.2) is 0 Å². The van der Waals surface area contributed by atoms with Crippen LogP contribution < -0.4 is 11.1 Å². The van der Waals surface area contributed by atoms with Gasteiger partial charge in [-0.05, 0) is 50.0 Å². The highest BCUT2D eigenvalue weighted by atomic mass is 16.4. The van der Waals surface area contributed by atoms with Crippen molar-refractivity contribution in [2.24, 2.45) is 27.6 Å². The molecular weight excluding hydrogens is 262 g/mol. The molecule has 0 radical (unpaired) electrons. The van der Waals surface area contributed by atoms with Gasteiger partial charge in [-0.3, -0.25) is 0 Å². The third-order valence-electron chi connectivity index (χ3n) is 4.96. The fraction of sp³-hybridized carbons (Fsp3) is 0.941. The lowest BCUT2D eigenvalue weighted by Gasteiger charge is -2.31. The molecule has 0 spiro atoms. The molecule has 0 aliphatic heterocycles. The van der Waals surface area contributed by atoms with Crippen LogP contribution in [-0.2, 0) is 0 Å². The maximum absolute atomic E-state index is 8.78. The van der Waals surface area contributed by atoms with Crippen molar-refractivity contribution in [1.82, 2.24) is 5.32 Å². The number of nitrogens with zero attached hydrogens (tertiary/aromatic N) is 1. The molecule has 1 aliphatic carbocycles. The van der Waals surface area contributed by atoms with Crippen molar-refractivity contribution in [2.75, 3.05) is 13.1 Å². The molecule has 1 rings (SSSR count).